The molecule has 1 unspecified atom stereocenters. The highest BCUT2D eigenvalue weighted by molar-refractivity contribution is 5.68. The lowest BCUT2D eigenvalue weighted by Gasteiger charge is -2.16. The molecule has 2 nitrogen and oxygen atoms in total. The number of benzene rings is 3. The smallest absolute Gasteiger partial charge is 0.105 e. The van der Waals surface area contributed by atoms with E-state index in [4.69, 9.17) is 5.26 Å². The molecule has 0 amide bonds. The molecule has 3 aromatic rings. The van der Waals surface area contributed by atoms with E-state index in [1.54, 1.807) is 24.3 Å². The van der Waals surface area contributed by atoms with Gasteiger partial charge < -0.3 is 5.11 Å². The predicted octanol–water partition coefficient (Wildman–Crippen LogP) is 4.31. The van der Waals surface area contributed by atoms with Crippen LogP contribution in [0.3, 0.4) is 0 Å². The van der Waals surface area contributed by atoms with Crippen LogP contribution >= 0.6 is 0 Å². The summed E-state index contributed by atoms with van der Waals surface area (Å²) in [6.07, 6.45) is -0.718. The third kappa shape index (κ3) is 2.76. The maximum atomic E-state index is 10.7. The van der Waals surface area contributed by atoms with Gasteiger partial charge in [-0.15, -0.1) is 0 Å². The van der Waals surface area contributed by atoms with Crippen molar-refractivity contribution in [1.29, 1.82) is 5.26 Å². The number of aliphatic hydroxyl groups is 1. The SMILES string of the molecule is N#Cc1ccc(C(O)c2ccccc2-c2ccccc2)cc1. The van der Waals surface area contributed by atoms with Crippen LogP contribution in [-0.4, -0.2) is 5.11 Å². The molecule has 0 radical (unpaired) electrons. The van der Waals surface area contributed by atoms with Gasteiger partial charge in [0.25, 0.3) is 0 Å². The molecule has 0 aliphatic heterocycles. The fourth-order valence-electron chi connectivity index (χ4n) is 2.54. The fourth-order valence-corrected chi connectivity index (χ4v) is 2.54. The molecular formula is C20H15NO. The van der Waals surface area contributed by atoms with Gasteiger partial charge in [-0.05, 0) is 34.4 Å². The van der Waals surface area contributed by atoms with Crippen molar-refractivity contribution in [3.05, 3.63) is 95.6 Å². The van der Waals surface area contributed by atoms with E-state index < -0.39 is 6.10 Å². The minimum absolute atomic E-state index is 0.590. The van der Waals surface area contributed by atoms with Crippen LogP contribution in [0.25, 0.3) is 11.1 Å². The van der Waals surface area contributed by atoms with E-state index in [1.807, 2.05) is 54.6 Å². The van der Waals surface area contributed by atoms with E-state index in [-0.39, 0.29) is 0 Å². The molecule has 0 aliphatic carbocycles. The van der Waals surface area contributed by atoms with Gasteiger partial charge >= 0.3 is 0 Å². The number of hydrogen-bond donors (Lipinski definition) is 1. The molecule has 106 valence electrons. The summed E-state index contributed by atoms with van der Waals surface area (Å²) >= 11 is 0. The molecule has 0 aromatic heterocycles. The van der Waals surface area contributed by atoms with E-state index >= 15 is 0 Å². The Hall–Kier alpha value is -2.89. The van der Waals surface area contributed by atoms with Gasteiger partial charge in [0, 0.05) is 0 Å². The molecule has 0 spiro atoms. The van der Waals surface area contributed by atoms with E-state index in [0.29, 0.717) is 5.56 Å². The maximum absolute atomic E-state index is 10.7. The number of rotatable bonds is 3. The van der Waals surface area contributed by atoms with Crippen LogP contribution in [0.4, 0.5) is 0 Å². The van der Waals surface area contributed by atoms with Crippen molar-refractivity contribution < 1.29 is 5.11 Å². The van der Waals surface area contributed by atoms with Crippen LogP contribution in [0.2, 0.25) is 0 Å². The van der Waals surface area contributed by atoms with Crippen molar-refractivity contribution >= 4 is 0 Å². The van der Waals surface area contributed by atoms with Crippen molar-refractivity contribution in [2.75, 3.05) is 0 Å². The molecule has 22 heavy (non-hydrogen) atoms. The Morgan fingerprint density at radius 1 is 0.773 bits per heavy atom. The largest absolute Gasteiger partial charge is 0.384 e. The first-order chi connectivity index (χ1) is 10.8. The quantitative estimate of drug-likeness (QED) is 0.779. The van der Waals surface area contributed by atoms with Gasteiger partial charge in [0.1, 0.15) is 6.10 Å². The van der Waals surface area contributed by atoms with Gasteiger partial charge in [0.15, 0.2) is 0 Å². The van der Waals surface area contributed by atoms with Crippen LogP contribution in [0.1, 0.15) is 22.8 Å². The average Bonchev–Trinajstić information content (AvgIpc) is 2.62. The third-order valence-electron chi connectivity index (χ3n) is 3.70. The molecule has 0 fully saturated rings. The van der Waals surface area contributed by atoms with Crippen molar-refractivity contribution in [2.24, 2.45) is 0 Å². The molecule has 1 N–H and O–H groups in total. The summed E-state index contributed by atoms with van der Waals surface area (Å²) in [5, 5.41) is 19.6. The lowest BCUT2D eigenvalue weighted by atomic mass is 9.92. The van der Waals surface area contributed by atoms with Gasteiger partial charge in [-0.3, -0.25) is 0 Å². The number of hydrogen-bond acceptors (Lipinski definition) is 2. The molecule has 0 bridgehead atoms. The molecule has 0 saturated heterocycles. The topological polar surface area (TPSA) is 44.0 Å². The second-order valence-electron chi connectivity index (χ2n) is 5.09. The van der Waals surface area contributed by atoms with Gasteiger partial charge in [0.05, 0.1) is 11.6 Å². The van der Waals surface area contributed by atoms with Crippen LogP contribution in [0.5, 0.6) is 0 Å². The zero-order valence-electron chi connectivity index (χ0n) is 12.0. The minimum atomic E-state index is -0.718. The van der Waals surface area contributed by atoms with Crippen molar-refractivity contribution in [1.82, 2.24) is 0 Å². The summed E-state index contributed by atoms with van der Waals surface area (Å²) in [4.78, 5) is 0. The molecule has 3 aromatic carbocycles. The van der Waals surface area contributed by atoms with Gasteiger partial charge in [-0.25, -0.2) is 0 Å². The summed E-state index contributed by atoms with van der Waals surface area (Å²) in [6, 6.07) is 27.0. The number of aliphatic hydroxyl groups excluding tert-OH is 1. The molecule has 0 heterocycles. The van der Waals surface area contributed by atoms with Crippen LogP contribution in [-0.2, 0) is 0 Å². The van der Waals surface area contributed by atoms with Gasteiger partial charge in [0.2, 0.25) is 0 Å². The summed E-state index contributed by atoms with van der Waals surface area (Å²) in [5.74, 6) is 0. The highest BCUT2D eigenvalue weighted by atomic mass is 16.3. The number of nitrogens with zero attached hydrogens (tertiary/aromatic N) is 1. The van der Waals surface area contributed by atoms with E-state index in [0.717, 1.165) is 22.3 Å². The lowest BCUT2D eigenvalue weighted by Crippen LogP contribution is -2.01. The van der Waals surface area contributed by atoms with Crippen molar-refractivity contribution in [2.45, 2.75) is 6.10 Å². The minimum Gasteiger partial charge on any atom is -0.384 e. The average molecular weight is 285 g/mol. The fraction of sp³-hybridized carbons (Fsp3) is 0.0500. The Bertz CT molecular complexity index is 801. The second kappa shape index (κ2) is 6.26. The Morgan fingerprint density at radius 3 is 2.09 bits per heavy atom. The van der Waals surface area contributed by atoms with E-state index in [2.05, 4.69) is 6.07 Å². The van der Waals surface area contributed by atoms with Crippen LogP contribution in [0, 0.1) is 11.3 Å². The Kier molecular flexibility index (Phi) is 4.00. The molecule has 1 atom stereocenters. The highest BCUT2D eigenvalue weighted by Crippen LogP contribution is 2.31. The standard InChI is InChI=1S/C20H15NO/c21-14-15-10-12-17(13-11-15)20(22)19-9-5-4-8-18(19)16-6-2-1-3-7-16/h1-13,20,22H. The lowest BCUT2D eigenvalue weighted by molar-refractivity contribution is 0.221. The number of nitriles is 1. The first-order valence-electron chi connectivity index (χ1n) is 7.12. The molecular weight excluding hydrogens is 270 g/mol. The van der Waals surface area contributed by atoms with Gasteiger partial charge in [-0.1, -0.05) is 66.7 Å². The van der Waals surface area contributed by atoms with Gasteiger partial charge in [-0.2, -0.15) is 5.26 Å². The Balaban J connectivity index is 2.03. The van der Waals surface area contributed by atoms with Crippen molar-refractivity contribution in [3.63, 3.8) is 0 Å². The van der Waals surface area contributed by atoms with Crippen molar-refractivity contribution in [3.8, 4) is 17.2 Å². The summed E-state index contributed by atoms with van der Waals surface area (Å²) in [5.41, 5.74) is 4.32. The monoisotopic (exact) mass is 285 g/mol. The van der Waals surface area contributed by atoms with Crippen LogP contribution < -0.4 is 0 Å². The molecule has 0 saturated carbocycles. The highest BCUT2D eigenvalue weighted by Gasteiger charge is 2.15. The zero-order chi connectivity index (χ0) is 15.4. The Labute approximate surface area is 129 Å². The molecule has 0 aliphatic rings. The van der Waals surface area contributed by atoms with Crippen LogP contribution in [0.15, 0.2) is 78.9 Å². The van der Waals surface area contributed by atoms with E-state index in [1.165, 1.54) is 0 Å². The summed E-state index contributed by atoms with van der Waals surface area (Å²) in [7, 11) is 0. The predicted molar refractivity (Wildman–Crippen MR) is 87.1 cm³/mol. The first-order valence-corrected chi connectivity index (χ1v) is 7.12. The summed E-state index contributed by atoms with van der Waals surface area (Å²) < 4.78 is 0. The first kappa shape index (κ1) is 14.1. The molecule has 3 rings (SSSR count). The Morgan fingerprint density at radius 2 is 1.41 bits per heavy atom. The zero-order valence-corrected chi connectivity index (χ0v) is 12.0. The normalized spacial score (nSPS) is 11.6. The maximum Gasteiger partial charge on any atom is 0.105 e. The summed E-state index contributed by atoms with van der Waals surface area (Å²) in [6.45, 7) is 0. The van der Waals surface area contributed by atoms with E-state index in [9.17, 15) is 5.11 Å². The third-order valence-corrected chi connectivity index (χ3v) is 3.70. The molecule has 2 heteroatoms. The second-order valence-corrected chi connectivity index (χ2v) is 5.09.